The molecule has 1 aromatic rings. The monoisotopic (exact) mass is 306 g/mol. The maximum atomic E-state index is 11.0. The molecule has 0 aliphatic carbocycles. The third-order valence-electron chi connectivity index (χ3n) is 2.31. The van der Waals surface area contributed by atoms with E-state index in [-0.39, 0.29) is 24.9 Å². The van der Waals surface area contributed by atoms with Gasteiger partial charge in [-0.3, -0.25) is 4.79 Å². The van der Waals surface area contributed by atoms with Crippen LogP contribution in [0.15, 0.2) is 16.6 Å². The van der Waals surface area contributed by atoms with E-state index < -0.39 is 0 Å². The zero-order valence-electron chi connectivity index (χ0n) is 9.34. The van der Waals surface area contributed by atoms with Crippen LogP contribution in [-0.2, 0) is 11.3 Å². The fourth-order valence-corrected chi connectivity index (χ4v) is 2.17. The van der Waals surface area contributed by atoms with Gasteiger partial charge in [0.2, 0.25) is 5.91 Å². The first-order valence-corrected chi connectivity index (χ1v) is 5.56. The summed E-state index contributed by atoms with van der Waals surface area (Å²) in [6.07, 6.45) is 0. The molecule has 3 nitrogen and oxygen atoms in total. The largest absolute Gasteiger partial charge is 0.351 e. The van der Waals surface area contributed by atoms with Gasteiger partial charge in [-0.2, -0.15) is 0 Å². The molecule has 0 radical (unpaired) electrons. The standard InChI is InChI=1S/C11H15BrN2O.ClH/c1-7-3-9(12)4-8(2)10(7)6-14-11(15)5-13;/h3-4H,5-6,13H2,1-2H3,(H,14,15);1H. The molecule has 0 aromatic heterocycles. The quantitative estimate of drug-likeness (QED) is 0.898. The molecule has 0 unspecified atom stereocenters. The van der Waals surface area contributed by atoms with Gasteiger partial charge in [-0.1, -0.05) is 15.9 Å². The van der Waals surface area contributed by atoms with Gasteiger partial charge in [0, 0.05) is 11.0 Å². The Hall–Kier alpha value is -0.580. The SMILES string of the molecule is Cc1cc(Br)cc(C)c1CNC(=O)CN.Cl. The van der Waals surface area contributed by atoms with Gasteiger partial charge in [-0.25, -0.2) is 0 Å². The highest BCUT2D eigenvalue weighted by Crippen LogP contribution is 2.20. The van der Waals surface area contributed by atoms with Crippen molar-refractivity contribution >= 4 is 34.2 Å². The van der Waals surface area contributed by atoms with E-state index in [9.17, 15) is 4.79 Å². The lowest BCUT2D eigenvalue weighted by Gasteiger charge is -2.11. The molecule has 0 aliphatic heterocycles. The van der Waals surface area contributed by atoms with Crippen molar-refractivity contribution in [1.82, 2.24) is 5.32 Å². The Morgan fingerprint density at radius 3 is 2.31 bits per heavy atom. The van der Waals surface area contributed by atoms with Crippen molar-refractivity contribution in [3.05, 3.63) is 33.3 Å². The molecule has 0 fully saturated rings. The predicted octanol–water partition coefficient (Wildman–Crippen LogP) is 2.06. The lowest BCUT2D eigenvalue weighted by molar-refractivity contribution is -0.119. The molecule has 16 heavy (non-hydrogen) atoms. The highest BCUT2D eigenvalue weighted by molar-refractivity contribution is 9.10. The normalized spacial score (nSPS) is 9.50. The van der Waals surface area contributed by atoms with Crippen molar-refractivity contribution in [2.45, 2.75) is 20.4 Å². The second-order valence-electron chi connectivity index (χ2n) is 3.50. The van der Waals surface area contributed by atoms with Crippen LogP contribution in [0.1, 0.15) is 16.7 Å². The molecule has 0 aliphatic rings. The van der Waals surface area contributed by atoms with Crippen LogP contribution < -0.4 is 11.1 Å². The molecule has 0 bridgehead atoms. The smallest absolute Gasteiger partial charge is 0.234 e. The molecule has 5 heteroatoms. The van der Waals surface area contributed by atoms with Gasteiger partial charge in [-0.05, 0) is 42.7 Å². The lowest BCUT2D eigenvalue weighted by Crippen LogP contribution is -2.30. The third kappa shape index (κ3) is 4.12. The van der Waals surface area contributed by atoms with Crippen LogP contribution >= 0.6 is 28.3 Å². The van der Waals surface area contributed by atoms with Gasteiger partial charge < -0.3 is 11.1 Å². The Morgan fingerprint density at radius 2 is 1.88 bits per heavy atom. The summed E-state index contributed by atoms with van der Waals surface area (Å²) in [5.74, 6) is -0.128. The number of halogens is 2. The zero-order chi connectivity index (χ0) is 11.4. The van der Waals surface area contributed by atoms with E-state index in [1.54, 1.807) is 0 Å². The van der Waals surface area contributed by atoms with Crippen molar-refractivity contribution < 1.29 is 4.79 Å². The minimum atomic E-state index is -0.128. The van der Waals surface area contributed by atoms with Crippen molar-refractivity contribution in [3.8, 4) is 0 Å². The topological polar surface area (TPSA) is 55.1 Å². The van der Waals surface area contributed by atoms with Gasteiger partial charge in [-0.15, -0.1) is 12.4 Å². The van der Waals surface area contributed by atoms with Crippen molar-refractivity contribution in [2.24, 2.45) is 5.73 Å². The van der Waals surface area contributed by atoms with E-state index in [4.69, 9.17) is 5.73 Å². The first kappa shape index (κ1) is 15.4. The van der Waals surface area contributed by atoms with Crippen molar-refractivity contribution in [1.29, 1.82) is 0 Å². The first-order valence-electron chi connectivity index (χ1n) is 4.77. The summed E-state index contributed by atoms with van der Waals surface area (Å²) in [4.78, 5) is 11.0. The fourth-order valence-electron chi connectivity index (χ4n) is 1.48. The van der Waals surface area contributed by atoms with Gasteiger partial charge in [0.15, 0.2) is 0 Å². The van der Waals surface area contributed by atoms with E-state index in [0.29, 0.717) is 6.54 Å². The zero-order valence-corrected chi connectivity index (χ0v) is 11.7. The minimum absolute atomic E-state index is 0. The van der Waals surface area contributed by atoms with E-state index >= 15 is 0 Å². The first-order chi connectivity index (χ1) is 7.04. The van der Waals surface area contributed by atoms with Crippen LogP contribution in [-0.4, -0.2) is 12.5 Å². The molecular formula is C11H16BrClN2O. The summed E-state index contributed by atoms with van der Waals surface area (Å²) in [6, 6.07) is 4.08. The van der Waals surface area contributed by atoms with Crippen LogP contribution in [0, 0.1) is 13.8 Å². The number of aryl methyl sites for hydroxylation is 2. The maximum absolute atomic E-state index is 11.0. The number of hydrogen-bond acceptors (Lipinski definition) is 2. The maximum Gasteiger partial charge on any atom is 0.234 e. The molecule has 0 heterocycles. The average Bonchev–Trinajstić information content (AvgIpc) is 2.15. The summed E-state index contributed by atoms with van der Waals surface area (Å²) in [5, 5.41) is 2.77. The molecule has 90 valence electrons. The third-order valence-corrected chi connectivity index (χ3v) is 2.77. The van der Waals surface area contributed by atoms with Gasteiger partial charge in [0.05, 0.1) is 6.54 Å². The summed E-state index contributed by atoms with van der Waals surface area (Å²) >= 11 is 3.43. The average molecular weight is 308 g/mol. The van der Waals surface area contributed by atoms with E-state index in [0.717, 1.165) is 10.0 Å². The van der Waals surface area contributed by atoms with Crippen LogP contribution in [0.25, 0.3) is 0 Å². The molecule has 0 atom stereocenters. The highest BCUT2D eigenvalue weighted by atomic mass is 79.9. The van der Waals surface area contributed by atoms with Crippen molar-refractivity contribution in [2.75, 3.05) is 6.54 Å². The number of hydrogen-bond donors (Lipinski definition) is 2. The van der Waals surface area contributed by atoms with Crippen molar-refractivity contribution in [3.63, 3.8) is 0 Å². The molecule has 1 aromatic carbocycles. The number of nitrogens with two attached hydrogens (primary N) is 1. The van der Waals surface area contributed by atoms with Gasteiger partial charge >= 0.3 is 0 Å². The summed E-state index contributed by atoms with van der Waals surface area (Å²) < 4.78 is 1.06. The van der Waals surface area contributed by atoms with Crippen LogP contribution in [0.5, 0.6) is 0 Å². The van der Waals surface area contributed by atoms with Gasteiger partial charge in [0.1, 0.15) is 0 Å². The Morgan fingerprint density at radius 1 is 1.38 bits per heavy atom. The summed E-state index contributed by atoms with van der Waals surface area (Å²) in [6.45, 7) is 4.64. The fraction of sp³-hybridized carbons (Fsp3) is 0.364. The minimum Gasteiger partial charge on any atom is -0.351 e. The molecule has 0 saturated heterocycles. The van der Waals surface area contributed by atoms with Gasteiger partial charge in [0.25, 0.3) is 0 Å². The number of amides is 1. The summed E-state index contributed by atoms with van der Waals surface area (Å²) in [7, 11) is 0. The number of rotatable bonds is 3. The lowest BCUT2D eigenvalue weighted by atomic mass is 10.0. The molecule has 1 amide bonds. The van der Waals surface area contributed by atoms with Crippen LogP contribution in [0.2, 0.25) is 0 Å². The molecule has 0 saturated carbocycles. The number of carbonyl (C=O) groups excluding carboxylic acids is 1. The van der Waals surface area contributed by atoms with Crippen LogP contribution in [0.3, 0.4) is 0 Å². The number of nitrogens with one attached hydrogen (secondary N) is 1. The molecule has 1 rings (SSSR count). The molecule has 3 N–H and O–H groups in total. The van der Waals surface area contributed by atoms with E-state index in [1.807, 2.05) is 26.0 Å². The Balaban J connectivity index is 0.00000225. The Kier molecular flexibility index (Phi) is 6.64. The second-order valence-corrected chi connectivity index (χ2v) is 4.41. The van der Waals surface area contributed by atoms with Crippen LogP contribution in [0.4, 0.5) is 0 Å². The predicted molar refractivity (Wildman–Crippen MR) is 71.8 cm³/mol. The molecular weight excluding hydrogens is 291 g/mol. The van der Waals surface area contributed by atoms with E-state index in [1.165, 1.54) is 11.1 Å². The second kappa shape index (κ2) is 6.89. The Bertz CT molecular complexity index is 359. The highest BCUT2D eigenvalue weighted by Gasteiger charge is 2.05. The molecule has 0 spiro atoms. The van der Waals surface area contributed by atoms with E-state index in [2.05, 4.69) is 21.2 Å². The number of benzene rings is 1. The summed E-state index contributed by atoms with van der Waals surface area (Å²) in [5.41, 5.74) is 8.70. The number of carbonyl (C=O) groups is 1. The Labute approximate surface area is 110 Å².